The van der Waals surface area contributed by atoms with E-state index in [0.717, 1.165) is 0 Å². The molecule has 1 fully saturated rings. The van der Waals surface area contributed by atoms with E-state index in [1.54, 1.807) is 24.3 Å². The number of methoxy groups -OCH3 is 3. The molecule has 1 aliphatic heterocycles. The molecule has 3 aromatic carbocycles. The maximum absolute atomic E-state index is 15.1. The molecular weight excluding hydrogens is 619 g/mol. The van der Waals surface area contributed by atoms with Crippen molar-refractivity contribution in [2.45, 2.75) is 25.3 Å². The van der Waals surface area contributed by atoms with Gasteiger partial charge in [0.2, 0.25) is 0 Å². The molecule has 2 amide bonds. The zero-order valence-electron chi connectivity index (χ0n) is 26.2. The molecule has 0 radical (unpaired) electrons. The van der Waals surface area contributed by atoms with Gasteiger partial charge in [0, 0.05) is 31.8 Å². The van der Waals surface area contributed by atoms with Crippen LogP contribution in [0.4, 0.5) is 9.18 Å². The molecule has 14 heteroatoms. The lowest BCUT2D eigenvalue weighted by atomic mass is 10.00. The van der Waals surface area contributed by atoms with E-state index in [4.69, 9.17) is 28.5 Å². The van der Waals surface area contributed by atoms with Gasteiger partial charge in [0.15, 0.2) is 37.5 Å². The number of benzene rings is 3. The Balaban J connectivity index is 1.49. The Bertz CT molecular complexity index is 1580. The number of hydrogen-bond acceptors (Lipinski definition) is 10. The van der Waals surface area contributed by atoms with Gasteiger partial charge in [-0.1, -0.05) is 12.1 Å². The number of halogens is 1. The van der Waals surface area contributed by atoms with Crippen molar-refractivity contribution in [2.24, 2.45) is 0 Å². The van der Waals surface area contributed by atoms with E-state index >= 15 is 4.39 Å². The van der Waals surface area contributed by atoms with E-state index in [1.165, 1.54) is 57.7 Å². The first-order chi connectivity index (χ1) is 22.6. The number of ether oxygens (including phenoxy) is 5. The van der Waals surface area contributed by atoms with E-state index in [-0.39, 0.29) is 54.9 Å². The summed E-state index contributed by atoms with van der Waals surface area (Å²) in [6.45, 7) is -0.409. The first-order valence-electron chi connectivity index (χ1n) is 14.6. The predicted octanol–water partition coefficient (Wildman–Crippen LogP) is 4.58. The fourth-order valence-corrected chi connectivity index (χ4v) is 5.07. The molecule has 1 saturated heterocycles. The van der Waals surface area contributed by atoms with Crippen LogP contribution in [0.2, 0.25) is 0 Å². The average Bonchev–Trinajstić information content (AvgIpc) is 3.28. The van der Waals surface area contributed by atoms with Gasteiger partial charge in [-0.25, -0.2) is 9.18 Å². The number of amides is 2. The topological polar surface area (TPSA) is 156 Å². The molecule has 3 aromatic rings. The molecule has 47 heavy (non-hydrogen) atoms. The molecule has 1 heterocycles. The van der Waals surface area contributed by atoms with Gasteiger partial charge in [0.05, 0.1) is 18.7 Å². The number of hydroxylamine groups is 3. The molecule has 1 aliphatic rings. The van der Waals surface area contributed by atoms with E-state index < -0.39 is 40.3 Å². The minimum atomic E-state index is -1.40. The molecule has 0 saturated carbocycles. The number of hydrogen-bond donors (Lipinski definition) is 2. The van der Waals surface area contributed by atoms with Crippen molar-refractivity contribution >= 4 is 23.8 Å². The van der Waals surface area contributed by atoms with Crippen LogP contribution in [0.15, 0.2) is 60.7 Å². The minimum Gasteiger partial charge on any atom is -0.494 e. The number of rotatable bonds is 12. The highest BCUT2D eigenvalue weighted by Crippen LogP contribution is 2.31. The molecule has 4 rings (SSSR count). The molecule has 0 spiro atoms. The Morgan fingerprint density at radius 3 is 2.09 bits per heavy atom. The summed E-state index contributed by atoms with van der Waals surface area (Å²) in [5.74, 6) is -2.78. The van der Waals surface area contributed by atoms with Gasteiger partial charge >= 0.3 is 12.1 Å². The number of carboxylic acid groups (broad SMARTS) is 1. The highest BCUT2D eigenvalue weighted by Gasteiger charge is 2.46. The van der Waals surface area contributed by atoms with Crippen molar-refractivity contribution in [1.82, 2.24) is 5.32 Å². The summed E-state index contributed by atoms with van der Waals surface area (Å²) in [6, 6.07) is 13.6. The number of likely N-dealkylation sites (tertiary alicyclic amines) is 1. The van der Waals surface area contributed by atoms with E-state index in [2.05, 4.69) is 5.32 Å². The fraction of sp³-hybridized carbons (Fsp3) is 0.333. The smallest absolute Gasteiger partial charge is 0.494 e. The van der Waals surface area contributed by atoms with Crippen LogP contribution >= 0.6 is 0 Å². The van der Waals surface area contributed by atoms with Gasteiger partial charge in [-0.05, 0) is 66.0 Å². The lowest BCUT2D eigenvalue weighted by Crippen LogP contribution is -2.58. The summed E-state index contributed by atoms with van der Waals surface area (Å²) < 4.78 is 39.5. The molecule has 250 valence electrons. The molecule has 2 unspecified atom stereocenters. The second-order valence-electron chi connectivity index (χ2n) is 10.6. The van der Waals surface area contributed by atoms with Crippen molar-refractivity contribution in [1.29, 1.82) is 0 Å². The Kier molecular flexibility index (Phi) is 11.8. The summed E-state index contributed by atoms with van der Waals surface area (Å²) >= 11 is 0. The zero-order chi connectivity index (χ0) is 34.0. The predicted molar refractivity (Wildman–Crippen MR) is 163 cm³/mol. The maximum atomic E-state index is 15.1. The Morgan fingerprint density at radius 1 is 0.830 bits per heavy atom. The molecule has 2 N–H and O–H groups in total. The molecule has 0 bridgehead atoms. The Morgan fingerprint density at radius 2 is 1.45 bits per heavy atom. The zero-order valence-corrected chi connectivity index (χ0v) is 26.2. The van der Waals surface area contributed by atoms with Crippen LogP contribution in [-0.2, 0) is 14.3 Å². The van der Waals surface area contributed by atoms with Crippen molar-refractivity contribution < 1.29 is 61.8 Å². The molecule has 13 nitrogen and oxygen atoms in total. The van der Waals surface area contributed by atoms with Crippen LogP contribution in [0, 0.1) is 5.82 Å². The number of quaternary nitrogens is 1. The van der Waals surface area contributed by atoms with Crippen LogP contribution in [0.1, 0.15) is 55.9 Å². The van der Waals surface area contributed by atoms with Crippen LogP contribution in [0.25, 0.3) is 0 Å². The van der Waals surface area contributed by atoms with Crippen LogP contribution in [-0.4, -0.2) is 87.6 Å². The van der Waals surface area contributed by atoms with Crippen molar-refractivity contribution in [3.05, 3.63) is 88.7 Å². The highest BCUT2D eigenvalue weighted by molar-refractivity contribution is 6.11. The first-order valence-corrected chi connectivity index (χ1v) is 14.6. The number of ketones is 1. The lowest BCUT2D eigenvalue weighted by molar-refractivity contribution is -1.03. The fourth-order valence-electron chi connectivity index (χ4n) is 5.07. The third kappa shape index (κ3) is 8.41. The van der Waals surface area contributed by atoms with Crippen LogP contribution in [0.3, 0.4) is 0 Å². The standard InChI is InChI=1S/C33H35FN2O11/c1-42-19-45-25-13-11-22(12-14-25)31(38)35-24-6-4-5-17-36(18-24,33(40)41)47-32(39)23-9-7-21(8-10-23)30(37)28-26(46-20-43-2)15-16-27(44-3)29(28)34/h7-16,24H,4-6,17-20H2,1-3H3,(H-,35,38,40,41)/p+1. The monoisotopic (exact) mass is 655 g/mol. The molecule has 2 atom stereocenters. The van der Waals surface area contributed by atoms with Crippen LogP contribution in [0.5, 0.6) is 17.2 Å². The van der Waals surface area contributed by atoms with Gasteiger partial charge < -0.3 is 34.1 Å². The first kappa shape index (κ1) is 34.8. The van der Waals surface area contributed by atoms with Gasteiger partial charge in [-0.2, -0.15) is 4.79 Å². The van der Waals surface area contributed by atoms with Crippen molar-refractivity contribution in [3.8, 4) is 17.2 Å². The summed E-state index contributed by atoms with van der Waals surface area (Å²) in [5, 5.41) is 13.1. The van der Waals surface area contributed by atoms with Gasteiger partial charge in [0.25, 0.3) is 5.91 Å². The van der Waals surface area contributed by atoms with Crippen molar-refractivity contribution in [3.63, 3.8) is 0 Å². The second-order valence-corrected chi connectivity index (χ2v) is 10.6. The number of nitrogens with one attached hydrogen (secondary N) is 1. The van der Waals surface area contributed by atoms with Crippen molar-refractivity contribution in [2.75, 3.05) is 48.0 Å². The normalized spacial score (nSPS) is 17.6. The third-order valence-corrected chi connectivity index (χ3v) is 7.47. The largest absolute Gasteiger partial charge is 0.556 e. The number of carbonyl (C=O) groups excluding carboxylic acids is 3. The number of nitrogens with zero attached hydrogens (tertiary/aromatic N) is 1. The molecule has 0 aromatic heterocycles. The van der Waals surface area contributed by atoms with Gasteiger partial charge in [0.1, 0.15) is 23.6 Å². The third-order valence-electron chi connectivity index (χ3n) is 7.47. The van der Waals surface area contributed by atoms with Crippen LogP contribution < -0.4 is 19.5 Å². The second kappa shape index (κ2) is 16.0. The average molecular weight is 656 g/mol. The maximum Gasteiger partial charge on any atom is 0.556 e. The van der Waals surface area contributed by atoms with Gasteiger partial charge in [-0.15, -0.1) is 0 Å². The van der Waals surface area contributed by atoms with E-state index in [0.29, 0.717) is 30.6 Å². The van der Waals surface area contributed by atoms with E-state index in [9.17, 15) is 24.3 Å². The summed E-state index contributed by atoms with van der Waals surface area (Å²) in [5.41, 5.74) is -0.0674. The quantitative estimate of drug-likeness (QED) is 0.160. The Labute approximate surface area is 270 Å². The lowest BCUT2D eigenvalue weighted by Gasteiger charge is -2.30. The minimum absolute atomic E-state index is 0.0189. The highest BCUT2D eigenvalue weighted by atomic mass is 19.1. The molecule has 0 aliphatic carbocycles. The summed E-state index contributed by atoms with van der Waals surface area (Å²) in [4.78, 5) is 57.7. The van der Waals surface area contributed by atoms with E-state index in [1.807, 2.05) is 0 Å². The number of carbonyl (C=O) groups is 4. The SMILES string of the molecule is COCOc1ccc(C(=O)NC2CCCC[N+](OC(=O)c3ccc(C(=O)c4c(OCOC)ccc(OC)c4F)cc3)(C(=O)O)C2)cc1. The summed E-state index contributed by atoms with van der Waals surface area (Å²) in [7, 11) is 4.12. The Hall–Kier alpha value is -5.05. The molecular formula is C33H36FN2O11+. The summed E-state index contributed by atoms with van der Waals surface area (Å²) in [6.07, 6.45) is 0.0833. The van der Waals surface area contributed by atoms with Gasteiger partial charge in [-0.3, -0.25) is 14.4 Å².